The molecular weight excluding hydrogens is 342 g/mol. The first-order chi connectivity index (χ1) is 11.3. The zero-order chi connectivity index (χ0) is 17.7. The van der Waals surface area contributed by atoms with Gasteiger partial charge in [-0.25, -0.2) is 17.2 Å². The van der Waals surface area contributed by atoms with Crippen LogP contribution in [0.5, 0.6) is 0 Å². The van der Waals surface area contributed by atoms with Gasteiger partial charge in [0.05, 0.1) is 4.90 Å². The lowest BCUT2D eigenvalue weighted by atomic mass is 10.2. The first-order valence-corrected chi connectivity index (χ1v) is 8.21. The number of hydrogen-bond acceptors (Lipinski definition) is 4. The molecule has 0 aliphatic rings. The molecule has 0 saturated carbocycles. The van der Waals surface area contributed by atoms with Crippen molar-refractivity contribution < 1.29 is 26.8 Å². The number of carbonyl (C=O) groups excluding carboxylic acids is 1. The van der Waals surface area contributed by atoms with Crippen LogP contribution < -0.4 is 10.2 Å². The van der Waals surface area contributed by atoms with Crippen molar-refractivity contribution in [1.82, 2.24) is 4.89 Å². The average molecular weight is 356 g/mol. The highest BCUT2D eigenvalue weighted by Gasteiger charge is 2.15. The molecular formula is C15H14F2N2O4S. The molecule has 0 radical (unpaired) electrons. The SMILES string of the molecule is Cc1ccc(F)cc1NC(=O)CONS(=O)(=O)c1ccc(F)cc1. The van der Waals surface area contributed by atoms with E-state index in [4.69, 9.17) is 0 Å². The Morgan fingerprint density at radius 1 is 1.08 bits per heavy atom. The smallest absolute Gasteiger partial charge is 0.262 e. The number of aryl methyl sites for hydroxylation is 1. The minimum absolute atomic E-state index is 0.217. The van der Waals surface area contributed by atoms with E-state index in [0.29, 0.717) is 5.56 Å². The molecule has 0 saturated heterocycles. The number of rotatable bonds is 6. The van der Waals surface area contributed by atoms with Crippen molar-refractivity contribution in [2.24, 2.45) is 0 Å². The fourth-order valence-electron chi connectivity index (χ4n) is 1.75. The van der Waals surface area contributed by atoms with Crippen LogP contribution in [-0.2, 0) is 19.7 Å². The predicted molar refractivity (Wildman–Crippen MR) is 82.4 cm³/mol. The lowest BCUT2D eigenvalue weighted by Gasteiger charge is -2.09. The fraction of sp³-hybridized carbons (Fsp3) is 0.133. The normalized spacial score (nSPS) is 11.3. The Balaban J connectivity index is 1.90. The number of sulfonamides is 1. The number of benzene rings is 2. The van der Waals surface area contributed by atoms with E-state index < -0.39 is 34.2 Å². The molecule has 0 aliphatic carbocycles. The maximum absolute atomic E-state index is 13.1. The van der Waals surface area contributed by atoms with Crippen LogP contribution >= 0.6 is 0 Å². The molecule has 2 rings (SSSR count). The zero-order valence-corrected chi connectivity index (χ0v) is 13.4. The topological polar surface area (TPSA) is 84.5 Å². The van der Waals surface area contributed by atoms with Gasteiger partial charge in [0.1, 0.15) is 18.2 Å². The molecule has 0 unspecified atom stereocenters. The number of nitrogens with one attached hydrogen (secondary N) is 2. The van der Waals surface area contributed by atoms with Gasteiger partial charge in [-0.2, -0.15) is 0 Å². The number of halogens is 2. The molecule has 6 nitrogen and oxygen atoms in total. The van der Waals surface area contributed by atoms with Gasteiger partial charge in [0, 0.05) is 5.69 Å². The molecule has 24 heavy (non-hydrogen) atoms. The van der Waals surface area contributed by atoms with Crippen LogP contribution in [0.15, 0.2) is 47.4 Å². The molecule has 2 aromatic carbocycles. The van der Waals surface area contributed by atoms with E-state index in [-0.39, 0.29) is 10.6 Å². The van der Waals surface area contributed by atoms with Gasteiger partial charge in [0.15, 0.2) is 0 Å². The second kappa shape index (κ2) is 7.47. The highest BCUT2D eigenvalue weighted by Crippen LogP contribution is 2.15. The summed E-state index contributed by atoms with van der Waals surface area (Å²) in [6.07, 6.45) is 0. The van der Waals surface area contributed by atoms with Crippen LogP contribution in [0.25, 0.3) is 0 Å². The third-order valence-electron chi connectivity index (χ3n) is 2.97. The van der Waals surface area contributed by atoms with E-state index in [1.807, 2.05) is 0 Å². The van der Waals surface area contributed by atoms with Gasteiger partial charge in [-0.1, -0.05) is 11.0 Å². The lowest BCUT2D eigenvalue weighted by Crippen LogP contribution is -2.29. The average Bonchev–Trinajstić information content (AvgIpc) is 2.51. The van der Waals surface area contributed by atoms with E-state index in [0.717, 1.165) is 30.3 Å². The zero-order valence-electron chi connectivity index (χ0n) is 12.5. The summed E-state index contributed by atoms with van der Waals surface area (Å²) in [6.45, 7) is 1.05. The van der Waals surface area contributed by atoms with Crippen LogP contribution in [0.3, 0.4) is 0 Å². The van der Waals surface area contributed by atoms with Gasteiger partial charge in [-0.3, -0.25) is 9.63 Å². The molecule has 0 bridgehead atoms. The van der Waals surface area contributed by atoms with Gasteiger partial charge in [0.2, 0.25) is 0 Å². The van der Waals surface area contributed by atoms with E-state index in [2.05, 4.69) is 10.2 Å². The van der Waals surface area contributed by atoms with Crippen LogP contribution in [0.4, 0.5) is 14.5 Å². The maximum atomic E-state index is 13.1. The first-order valence-electron chi connectivity index (χ1n) is 6.73. The summed E-state index contributed by atoms with van der Waals surface area (Å²) in [7, 11) is -4.04. The molecule has 2 N–H and O–H groups in total. The first kappa shape index (κ1) is 18.0. The minimum atomic E-state index is -4.04. The minimum Gasteiger partial charge on any atom is -0.324 e. The Morgan fingerprint density at radius 3 is 2.38 bits per heavy atom. The third kappa shape index (κ3) is 4.82. The van der Waals surface area contributed by atoms with Crippen molar-refractivity contribution in [3.63, 3.8) is 0 Å². The highest BCUT2D eigenvalue weighted by molar-refractivity contribution is 7.89. The van der Waals surface area contributed by atoms with Crippen LogP contribution in [-0.4, -0.2) is 20.9 Å². The summed E-state index contributed by atoms with van der Waals surface area (Å²) in [5.74, 6) is -1.78. The molecule has 1 amide bonds. The Kier molecular flexibility index (Phi) is 5.60. The monoisotopic (exact) mass is 356 g/mol. The summed E-state index contributed by atoms with van der Waals surface area (Å²) in [4.78, 5) is 17.9. The Morgan fingerprint density at radius 2 is 1.71 bits per heavy atom. The molecule has 0 atom stereocenters. The van der Waals surface area contributed by atoms with E-state index in [1.165, 1.54) is 12.1 Å². The van der Waals surface area contributed by atoms with Crippen LogP contribution in [0, 0.1) is 18.6 Å². The van der Waals surface area contributed by atoms with Crippen molar-refractivity contribution in [2.45, 2.75) is 11.8 Å². The van der Waals surface area contributed by atoms with E-state index >= 15 is 0 Å². The van der Waals surface area contributed by atoms with Gasteiger partial charge in [-0.15, -0.1) is 0 Å². The summed E-state index contributed by atoms with van der Waals surface area (Å²) in [5, 5.41) is 2.40. The van der Waals surface area contributed by atoms with Gasteiger partial charge < -0.3 is 5.32 Å². The standard InChI is InChI=1S/C15H14F2N2O4S/c1-10-2-3-12(17)8-14(10)18-15(20)9-23-19-24(21,22)13-6-4-11(16)5-7-13/h2-8,19H,9H2,1H3,(H,18,20). The number of amides is 1. The van der Waals surface area contributed by atoms with Crippen molar-refractivity contribution >= 4 is 21.6 Å². The summed E-state index contributed by atoms with van der Waals surface area (Å²) in [5.41, 5.74) is 0.890. The van der Waals surface area contributed by atoms with Gasteiger partial charge >= 0.3 is 0 Å². The van der Waals surface area contributed by atoms with Crippen molar-refractivity contribution in [1.29, 1.82) is 0 Å². The lowest BCUT2D eigenvalue weighted by molar-refractivity contribution is -0.121. The van der Waals surface area contributed by atoms with Crippen LogP contribution in [0.1, 0.15) is 5.56 Å². The quantitative estimate of drug-likeness (QED) is 0.777. The van der Waals surface area contributed by atoms with Gasteiger partial charge in [-0.05, 0) is 48.9 Å². The maximum Gasteiger partial charge on any atom is 0.262 e. The van der Waals surface area contributed by atoms with E-state index in [1.54, 1.807) is 11.8 Å². The second-order valence-electron chi connectivity index (χ2n) is 4.84. The summed E-state index contributed by atoms with van der Waals surface area (Å²) >= 11 is 0. The Labute approximate surface area is 137 Å². The van der Waals surface area contributed by atoms with Crippen LogP contribution in [0.2, 0.25) is 0 Å². The number of anilines is 1. The third-order valence-corrected chi connectivity index (χ3v) is 4.20. The predicted octanol–water partition coefficient (Wildman–Crippen LogP) is 2.12. The largest absolute Gasteiger partial charge is 0.324 e. The van der Waals surface area contributed by atoms with E-state index in [9.17, 15) is 22.0 Å². The second-order valence-corrected chi connectivity index (χ2v) is 6.48. The van der Waals surface area contributed by atoms with Gasteiger partial charge in [0.25, 0.3) is 15.9 Å². The molecule has 0 spiro atoms. The van der Waals surface area contributed by atoms with Crippen molar-refractivity contribution in [2.75, 3.05) is 11.9 Å². The van der Waals surface area contributed by atoms with Crippen molar-refractivity contribution in [3.8, 4) is 0 Å². The Hall–Kier alpha value is -2.36. The van der Waals surface area contributed by atoms with Crippen molar-refractivity contribution in [3.05, 3.63) is 59.7 Å². The molecule has 0 fully saturated rings. The molecule has 0 aliphatic heterocycles. The molecule has 0 aromatic heterocycles. The fourth-order valence-corrected chi connectivity index (χ4v) is 2.55. The summed E-state index contributed by atoms with van der Waals surface area (Å²) < 4.78 is 49.6. The molecule has 0 heterocycles. The molecule has 9 heteroatoms. The number of hydrogen-bond donors (Lipinski definition) is 2. The summed E-state index contributed by atoms with van der Waals surface area (Å²) in [6, 6.07) is 7.94. The Bertz CT molecular complexity index is 839. The number of carbonyl (C=O) groups is 1. The molecule has 2 aromatic rings. The molecule has 128 valence electrons. The highest BCUT2D eigenvalue weighted by atomic mass is 32.2.